The normalized spacial score (nSPS) is 12.1. The zero-order valence-electron chi connectivity index (χ0n) is 10.2. The molecule has 0 aliphatic carbocycles. The lowest BCUT2D eigenvalue weighted by molar-refractivity contribution is -0.142. The van der Waals surface area contributed by atoms with Crippen LogP contribution in [-0.4, -0.2) is 42.5 Å². The minimum Gasteiger partial charge on any atom is -0.480 e. The van der Waals surface area contributed by atoms with Gasteiger partial charge in [-0.15, -0.1) is 23.1 Å². The summed E-state index contributed by atoms with van der Waals surface area (Å²) in [5, 5.41) is 11.2. The fourth-order valence-electron chi connectivity index (χ4n) is 1.25. The first-order valence-corrected chi connectivity index (χ1v) is 7.71. The first-order valence-electron chi connectivity index (χ1n) is 5.36. The Morgan fingerprint density at radius 1 is 1.58 bits per heavy atom. The molecule has 1 aromatic rings. The minimum absolute atomic E-state index is 0.0493. The second-order valence-corrected chi connectivity index (χ2v) is 6.40. The molecule has 0 saturated heterocycles. The van der Waals surface area contributed by atoms with Gasteiger partial charge < -0.3 is 15.2 Å². The molecular weight excluding hydrogens is 310 g/mol. The summed E-state index contributed by atoms with van der Waals surface area (Å²) in [6.07, 6.45) is 0. The summed E-state index contributed by atoms with van der Waals surface area (Å²) in [5.74, 6) is -0.558. The van der Waals surface area contributed by atoms with E-state index in [-0.39, 0.29) is 18.3 Å². The molecule has 0 spiro atoms. The Balaban J connectivity index is 2.28. The van der Waals surface area contributed by atoms with Crippen molar-refractivity contribution in [2.45, 2.75) is 11.8 Å². The van der Waals surface area contributed by atoms with E-state index >= 15 is 0 Å². The Morgan fingerprint density at radius 3 is 2.84 bits per heavy atom. The van der Waals surface area contributed by atoms with E-state index in [1.807, 2.05) is 6.07 Å². The number of nitrogens with one attached hydrogen (secondary N) is 1. The average Bonchev–Trinajstić information content (AvgIpc) is 2.74. The molecule has 8 heteroatoms. The first kappa shape index (κ1) is 16.3. The molecule has 0 saturated carbocycles. The van der Waals surface area contributed by atoms with E-state index < -0.39 is 12.0 Å². The van der Waals surface area contributed by atoms with Crippen molar-refractivity contribution in [2.75, 3.05) is 19.5 Å². The molecule has 5 nitrogen and oxygen atoms in total. The van der Waals surface area contributed by atoms with Crippen LogP contribution in [0.3, 0.4) is 0 Å². The zero-order valence-corrected chi connectivity index (χ0v) is 12.6. The number of rotatable bonds is 8. The number of ether oxygens (including phenoxy) is 1. The van der Waals surface area contributed by atoms with Gasteiger partial charge in [-0.25, -0.2) is 4.79 Å². The van der Waals surface area contributed by atoms with Crippen LogP contribution in [0.15, 0.2) is 12.1 Å². The molecule has 1 rings (SSSR count). The number of thiophene rings is 1. The number of methoxy groups -OCH3 is 1. The predicted octanol–water partition coefficient (Wildman–Crippen LogP) is 1.85. The Bertz CT molecular complexity index is 438. The van der Waals surface area contributed by atoms with Gasteiger partial charge in [-0.1, -0.05) is 11.6 Å². The molecule has 1 aromatic heterocycles. The second-order valence-electron chi connectivity index (χ2n) is 3.61. The summed E-state index contributed by atoms with van der Waals surface area (Å²) in [6.45, 7) is -0.0493. The number of thioether (sulfide) groups is 1. The van der Waals surface area contributed by atoms with Gasteiger partial charge in [0.2, 0.25) is 5.91 Å². The van der Waals surface area contributed by atoms with E-state index in [2.05, 4.69) is 5.32 Å². The third kappa shape index (κ3) is 6.29. The maximum Gasteiger partial charge on any atom is 0.328 e. The standard InChI is InChI=1S/C11H14ClNO4S2/c1-17-4-8(11(15)16)13-10(14)6-18-5-7-2-3-9(12)19-7/h2-3,8H,4-6H2,1H3,(H,13,14)(H,15,16). The number of amides is 1. The van der Waals surface area contributed by atoms with Crippen LogP contribution in [0.2, 0.25) is 4.34 Å². The van der Waals surface area contributed by atoms with Gasteiger partial charge in [0.15, 0.2) is 6.04 Å². The Hall–Kier alpha value is -0.760. The van der Waals surface area contributed by atoms with Gasteiger partial charge >= 0.3 is 5.97 Å². The van der Waals surface area contributed by atoms with Crippen LogP contribution in [0.4, 0.5) is 0 Å². The van der Waals surface area contributed by atoms with Crippen LogP contribution in [-0.2, 0) is 20.1 Å². The Morgan fingerprint density at radius 2 is 2.32 bits per heavy atom. The fraction of sp³-hybridized carbons (Fsp3) is 0.455. The predicted molar refractivity (Wildman–Crippen MR) is 76.9 cm³/mol. The highest BCUT2D eigenvalue weighted by molar-refractivity contribution is 7.99. The largest absolute Gasteiger partial charge is 0.480 e. The lowest BCUT2D eigenvalue weighted by atomic mass is 10.3. The summed E-state index contributed by atoms with van der Waals surface area (Å²) >= 11 is 8.66. The van der Waals surface area contributed by atoms with Crippen molar-refractivity contribution < 1.29 is 19.4 Å². The van der Waals surface area contributed by atoms with Gasteiger partial charge in [-0.2, -0.15) is 0 Å². The van der Waals surface area contributed by atoms with E-state index in [0.29, 0.717) is 10.1 Å². The number of carbonyl (C=O) groups excluding carboxylic acids is 1. The molecule has 19 heavy (non-hydrogen) atoms. The Labute approximate surface area is 124 Å². The number of hydrogen-bond acceptors (Lipinski definition) is 5. The monoisotopic (exact) mass is 323 g/mol. The van der Waals surface area contributed by atoms with Gasteiger partial charge in [0, 0.05) is 17.7 Å². The van der Waals surface area contributed by atoms with Crippen molar-refractivity contribution in [3.8, 4) is 0 Å². The summed E-state index contributed by atoms with van der Waals surface area (Å²) in [5.41, 5.74) is 0. The highest BCUT2D eigenvalue weighted by atomic mass is 35.5. The summed E-state index contributed by atoms with van der Waals surface area (Å²) in [6, 6.07) is 2.71. The Kier molecular flexibility index (Phi) is 7.22. The van der Waals surface area contributed by atoms with Crippen LogP contribution >= 0.6 is 34.7 Å². The molecule has 0 aliphatic rings. The topological polar surface area (TPSA) is 75.6 Å². The van der Waals surface area contributed by atoms with Crippen molar-refractivity contribution >= 4 is 46.6 Å². The van der Waals surface area contributed by atoms with E-state index in [9.17, 15) is 9.59 Å². The van der Waals surface area contributed by atoms with Crippen LogP contribution in [0.25, 0.3) is 0 Å². The van der Waals surface area contributed by atoms with Gasteiger partial charge in [0.1, 0.15) is 0 Å². The molecule has 0 aliphatic heterocycles. The van der Waals surface area contributed by atoms with E-state index in [0.717, 1.165) is 4.88 Å². The second kappa shape index (κ2) is 8.42. The number of carboxylic acid groups (broad SMARTS) is 1. The fourth-order valence-corrected chi connectivity index (χ4v) is 3.29. The molecule has 1 unspecified atom stereocenters. The molecule has 0 aromatic carbocycles. The van der Waals surface area contributed by atoms with Crippen LogP contribution in [0, 0.1) is 0 Å². The SMILES string of the molecule is COCC(NC(=O)CSCc1ccc(Cl)s1)C(=O)O. The molecule has 0 fully saturated rings. The van der Waals surface area contributed by atoms with E-state index in [1.165, 1.54) is 30.2 Å². The van der Waals surface area contributed by atoms with Gasteiger partial charge in [-0.3, -0.25) is 4.79 Å². The summed E-state index contributed by atoms with van der Waals surface area (Å²) in [7, 11) is 1.39. The lowest BCUT2D eigenvalue weighted by Gasteiger charge is -2.13. The quantitative estimate of drug-likeness (QED) is 0.763. The smallest absolute Gasteiger partial charge is 0.328 e. The highest BCUT2D eigenvalue weighted by Gasteiger charge is 2.19. The van der Waals surface area contributed by atoms with Crippen molar-refractivity contribution in [3.63, 3.8) is 0 Å². The van der Waals surface area contributed by atoms with Crippen molar-refractivity contribution in [1.82, 2.24) is 5.32 Å². The van der Waals surface area contributed by atoms with Crippen LogP contribution in [0.1, 0.15) is 4.88 Å². The van der Waals surface area contributed by atoms with Crippen LogP contribution in [0.5, 0.6) is 0 Å². The molecule has 0 radical (unpaired) electrons. The molecule has 1 atom stereocenters. The number of aliphatic carboxylic acids is 1. The molecule has 1 amide bonds. The average molecular weight is 324 g/mol. The molecule has 0 bridgehead atoms. The van der Waals surface area contributed by atoms with Crippen molar-refractivity contribution in [2.24, 2.45) is 0 Å². The third-order valence-corrected chi connectivity index (χ3v) is 4.47. The van der Waals surface area contributed by atoms with E-state index in [4.69, 9.17) is 21.4 Å². The molecular formula is C11H14ClNO4S2. The van der Waals surface area contributed by atoms with Gasteiger partial charge in [-0.05, 0) is 12.1 Å². The maximum atomic E-state index is 11.6. The van der Waals surface area contributed by atoms with Crippen molar-refractivity contribution in [3.05, 3.63) is 21.3 Å². The van der Waals surface area contributed by atoms with Crippen LogP contribution < -0.4 is 5.32 Å². The van der Waals surface area contributed by atoms with Gasteiger partial charge in [0.25, 0.3) is 0 Å². The van der Waals surface area contributed by atoms with E-state index in [1.54, 1.807) is 6.07 Å². The summed E-state index contributed by atoms with van der Waals surface area (Å²) in [4.78, 5) is 23.4. The zero-order chi connectivity index (χ0) is 14.3. The number of carboxylic acids is 1. The highest BCUT2D eigenvalue weighted by Crippen LogP contribution is 2.24. The first-order chi connectivity index (χ1) is 9.02. The molecule has 2 N–H and O–H groups in total. The third-order valence-electron chi connectivity index (χ3n) is 2.07. The van der Waals surface area contributed by atoms with Crippen molar-refractivity contribution in [1.29, 1.82) is 0 Å². The molecule has 106 valence electrons. The summed E-state index contributed by atoms with van der Waals surface area (Å²) < 4.78 is 5.44. The minimum atomic E-state index is -1.11. The maximum absolute atomic E-state index is 11.6. The number of carbonyl (C=O) groups is 2. The lowest BCUT2D eigenvalue weighted by Crippen LogP contribution is -2.44. The van der Waals surface area contributed by atoms with Gasteiger partial charge in [0.05, 0.1) is 16.7 Å². The number of halogens is 1. The number of hydrogen-bond donors (Lipinski definition) is 2. The molecule has 1 heterocycles.